The van der Waals surface area contributed by atoms with Gasteiger partial charge in [-0.05, 0) is 48.7 Å². The van der Waals surface area contributed by atoms with Crippen molar-refractivity contribution in [2.75, 3.05) is 5.32 Å². The van der Waals surface area contributed by atoms with Gasteiger partial charge in [-0.2, -0.15) is 0 Å². The number of carbonyl (C=O) groups excluding carboxylic acids is 2. The average molecular weight is 379 g/mol. The monoisotopic (exact) mass is 379 g/mol. The lowest BCUT2D eigenvalue weighted by atomic mass is 10.2. The molecule has 0 spiro atoms. The third-order valence-corrected chi connectivity index (χ3v) is 4.64. The SMILES string of the molecule is C[C@H](OC(=O)c1cc2cc(F)ccc2s1)C(=O)Nc1c(F)cccc1F. The number of carbonyl (C=O) groups is 2. The molecule has 134 valence electrons. The number of para-hydroxylation sites is 1. The van der Waals surface area contributed by atoms with Crippen LogP contribution in [-0.2, 0) is 9.53 Å². The van der Waals surface area contributed by atoms with Gasteiger partial charge in [0.15, 0.2) is 6.10 Å². The molecular weight excluding hydrogens is 367 g/mol. The largest absolute Gasteiger partial charge is 0.448 e. The van der Waals surface area contributed by atoms with Gasteiger partial charge < -0.3 is 10.1 Å². The van der Waals surface area contributed by atoms with Crippen molar-refractivity contribution < 1.29 is 27.5 Å². The van der Waals surface area contributed by atoms with E-state index in [9.17, 15) is 22.8 Å². The van der Waals surface area contributed by atoms with Crippen LogP contribution in [0.5, 0.6) is 0 Å². The maximum Gasteiger partial charge on any atom is 0.349 e. The molecule has 0 aliphatic rings. The first-order valence-electron chi connectivity index (χ1n) is 7.50. The summed E-state index contributed by atoms with van der Waals surface area (Å²) < 4.78 is 46.0. The molecule has 0 bridgehead atoms. The van der Waals surface area contributed by atoms with E-state index in [1.165, 1.54) is 31.2 Å². The zero-order chi connectivity index (χ0) is 18.8. The number of halogens is 3. The number of hydrogen-bond donors (Lipinski definition) is 1. The second-order valence-electron chi connectivity index (χ2n) is 5.43. The number of fused-ring (bicyclic) bond motifs is 1. The molecule has 3 rings (SSSR count). The molecule has 0 fully saturated rings. The van der Waals surface area contributed by atoms with E-state index in [1.54, 1.807) is 0 Å². The highest BCUT2D eigenvalue weighted by Crippen LogP contribution is 2.27. The van der Waals surface area contributed by atoms with Crippen LogP contribution in [0.25, 0.3) is 10.1 Å². The van der Waals surface area contributed by atoms with Gasteiger partial charge in [-0.1, -0.05) is 6.07 Å². The average Bonchev–Trinajstić information content (AvgIpc) is 3.01. The van der Waals surface area contributed by atoms with Gasteiger partial charge in [0.2, 0.25) is 0 Å². The summed E-state index contributed by atoms with van der Waals surface area (Å²) in [7, 11) is 0. The minimum absolute atomic E-state index is 0.183. The number of ether oxygens (including phenoxy) is 1. The molecule has 26 heavy (non-hydrogen) atoms. The van der Waals surface area contributed by atoms with Crippen LogP contribution in [0.15, 0.2) is 42.5 Å². The fourth-order valence-electron chi connectivity index (χ4n) is 2.23. The summed E-state index contributed by atoms with van der Waals surface area (Å²) in [6, 6.07) is 8.67. The number of nitrogens with one attached hydrogen (secondary N) is 1. The van der Waals surface area contributed by atoms with Crippen molar-refractivity contribution >= 4 is 39.0 Å². The van der Waals surface area contributed by atoms with Crippen molar-refractivity contribution in [1.82, 2.24) is 0 Å². The first-order chi connectivity index (χ1) is 12.3. The van der Waals surface area contributed by atoms with Gasteiger partial charge in [-0.25, -0.2) is 18.0 Å². The van der Waals surface area contributed by atoms with Crippen LogP contribution < -0.4 is 5.32 Å². The Kier molecular flexibility index (Phi) is 4.94. The van der Waals surface area contributed by atoms with E-state index in [2.05, 4.69) is 5.32 Å². The Morgan fingerprint density at radius 1 is 1.08 bits per heavy atom. The van der Waals surface area contributed by atoms with Gasteiger partial charge >= 0.3 is 5.97 Å². The number of anilines is 1. The van der Waals surface area contributed by atoms with E-state index in [0.29, 0.717) is 10.1 Å². The van der Waals surface area contributed by atoms with Crippen molar-refractivity contribution in [1.29, 1.82) is 0 Å². The normalized spacial score (nSPS) is 12.0. The summed E-state index contributed by atoms with van der Waals surface area (Å²) in [5.41, 5.74) is -0.613. The number of rotatable bonds is 4. The topological polar surface area (TPSA) is 55.4 Å². The molecule has 0 saturated heterocycles. The van der Waals surface area contributed by atoms with E-state index in [1.807, 2.05) is 0 Å². The van der Waals surface area contributed by atoms with Crippen molar-refractivity contribution in [2.24, 2.45) is 0 Å². The van der Waals surface area contributed by atoms with Crippen LogP contribution in [0.1, 0.15) is 16.6 Å². The molecule has 1 atom stereocenters. The molecule has 2 aromatic carbocycles. The Morgan fingerprint density at radius 2 is 1.77 bits per heavy atom. The minimum atomic E-state index is -1.29. The molecule has 1 amide bonds. The molecule has 0 aliphatic heterocycles. The number of benzene rings is 2. The van der Waals surface area contributed by atoms with Gasteiger partial charge in [0.1, 0.15) is 28.0 Å². The Labute approximate surface area is 150 Å². The van der Waals surface area contributed by atoms with Crippen LogP contribution in [-0.4, -0.2) is 18.0 Å². The molecule has 3 aromatic rings. The Morgan fingerprint density at radius 3 is 2.46 bits per heavy atom. The Hall–Kier alpha value is -2.87. The third-order valence-electron chi connectivity index (χ3n) is 3.54. The molecule has 0 saturated carbocycles. The van der Waals surface area contributed by atoms with E-state index in [-0.39, 0.29) is 4.88 Å². The molecular formula is C18H12F3NO3S. The molecule has 1 heterocycles. The van der Waals surface area contributed by atoms with Gasteiger partial charge in [0.05, 0.1) is 0 Å². The van der Waals surface area contributed by atoms with Crippen molar-refractivity contribution in [3.05, 3.63) is 64.8 Å². The summed E-state index contributed by atoms with van der Waals surface area (Å²) in [4.78, 5) is 24.4. The summed E-state index contributed by atoms with van der Waals surface area (Å²) in [5.74, 6) is -3.99. The molecule has 0 radical (unpaired) electrons. The lowest BCUT2D eigenvalue weighted by Gasteiger charge is -2.13. The summed E-state index contributed by atoms with van der Waals surface area (Å²) in [6.45, 7) is 1.28. The molecule has 0 unspecified atom stereocenters. The molecule has 8 heteroatoms. The van der Waals surface area contributed by atoms with Gasteiger partial charge in [-0.15, -0.1) is 11.3 Å². The van der Waals surface area contributed by atoms with Crippen LogP contribution >= 0.6 is 11.3 Å². The van der Waals surface area contributed by atoms with E-state index in [4.69, 9.17) is 4.74 Å². The van der Waals surface area contributed by atoms with Crippen molar-refractivity contribution in [3.63, 3.8) is 0 Å². The van der Waals surface area contributed by atoms with Crippen LogP contribution in [0, 0.1) is 17.5 Å². The molecule has 1 aromatic heterocycles. The van der Waals surface area contributed by atoms with Crippen LogP contribution in [0.3, 0.4) is 0 Å². The maximum atomic E-state index is 13.6. The van der Waals surface area contributed by atoms with Gasteiger partial charge in [-0.3, -0.25) is 4.79 Å². The predicted octanol–water partition coefficient (Wildman–Crippen LogP) is 4.50. The highest BCUT2D eigenvalue weighted by molar-refractivity contribution is 7.20. The van der Waals surface area contributed by atoms with Crippen LogP contribution in [0.4, 0.5) is 18.9 Å². The van der Waals surface area contributed by atoms with Crippen molar-refractivity contribution in [2.45, 2.75) is 13.0 Å². The molecule has 1 N–H and O–H groups in total. The highest BCUT2D eigenvalue weighted by Gasteiger charge is 2.22. The second kappa shape index (κ2) is 7.17. The first kappa shape index (κ1) is 17.9. The second-order valence-corrected chi connectivity index (χ2v) is 6.51. The summed E-state index contributed by atoms with van der Waals surface area (Å²) in [6.07, 6.45) is -1.29. The molecule has 0 aliphatic carbocycles. The fraction of sp³-hybridized carbons (Fsp3) is 0.111. The predicted molar refractivity (Wildman–Crippen MR) is 91.6 cm³/mol. The Balaban J connectivity index is 1.70. The van der Waals surface area contributed by atoms with Gasteiger partial charge in [0, 0.05) is 4.70 Å². The summed E-state index contributed by atoms with van der Waals surface area (Å²) >= 11 is 1.08. The lowest BCUT2D eigenvalue weighted by molar-refractivity contribution is -0.123. The van der Waals surface area contributed by atoms with E-state index >= 15 is 0 Å². The van der Waals surface area contributed by atoms with Crippen LogP contribution in [0.2, 0.25) is 0 Å². The zero-order valence-electron chi connectivity index (χ0n) is 13.4. The number of thiophene rings is 1. The van der Waals surface area contributed by atoms with Gasteiger partial charge in [0.25, 0.3) is 5.91 Å². The standard InChI is InChI=1S/C18H12F3NO3S/c1-9(17(23)22-16-12(20)3-2-4-13(16)21)25-18(24)15-8-10-7-11(19)5-6-14(10)26-15/h2-9H,1H3,(H,22,23)/t9-/m0/s1. The first-order valence-corrected chi connectivity index (χ1v) is 8.32. The zero-order valence-corrected chi connectivity index (χ0v) is 14.2. The smallest absolute Gasteiger partial charge is 0.349 e. The summed E-state index contributed by atoms with van der Waals surface area (Å²) in [5, 5.41) is 2.59. The Bertz CT molecular complexity index is 982. The minimum Gasteiger partial charge on any atom is -0.448 e. The number of esters is 1. The fourth-order valence-corrected chi connectivity index (χ4v) is 3.16. The number of hydrogen-bond acceptors (Lipinski definition) is 4. The highest BCUT2D eigenvalue weighted by atomic mass is 32.1. The van der Waals surface area contributed by atoms with E-state index < -0.39 is 41.1 Å². The maximum absolute atomic E-state index is 13.6. The lowest BCUT2D eigenvalue weighted by Crippen LogP contribution is -2.30. The molecule has 4 nitrogen and oxygen atoms in total. The third kappa shape index (κ3) is 3.70. The van der Waals surface area contributed by atoms with Crippen molar-refractivity contribution in [3.8, 4) is 0 Å². The van der Waals surface area contributed by atoms with E-state index in [0.717, 1.165) is 29.5 Å². The quantitative estimate of drug-likeness (QED) is 0.679. The number of amides is 1.